The van der Waals surface area contributed by atoms with E-state index in [2.05, 4.69) is 82.9 Å². The lowest BCUT2D eigenvalue weighted by Crippen LogP contribution is -2.55. The molecule has 26 heteroatoms. The summed E-state index contributed by atoms with van der Waals surface area (Å²) in [6, 6.07) is 19.1. The van der Waals surface area contributed by atoms with Gasteiger partial charge in [-0.15, -0.1) is 0 Å². The largest absolute Gasteiger partial charge is 0.383 e. The molecule has 450 valence electrons. The van der Waals surface area contributed by atoms with Gasteiger partial charge in [0, 0.05) is 172 Å². The monoisotopic (exact) mass is 1250 g/mol. The Morgan fingerprint density at radius 3 is 1.47 bits per heavy atom. The van der Waals surface area contributed by atoms with Gasteiger partial charge in [-0.3, -0.25) is 34.7 Å². The number of hydrogen-bond acceptors (Lipinski definition) is 13. The van der Waals surface area contributed by atoms with Gasteiger partial charge in [0.05, 0.1) is 56.0 Å². The van der Waals surface area contributed by atoms with E-state index in [4.69, 9.17) is 55.9 Å². The van der Waals surface area contributed by atoms with E-state index in [9.17, 15) is 19.2 Å². The van der Waals surface area contributed by atoms with Crippen LogP contribution in [0.2, 0.25) is 20.1 Å². The zero-order valence-electron chi connectivity index (χ0n) is 47.6. The predicted molar refractivity (Wildman–Crippen MR) is 336 cm³/mol. The number of rotatable bonds is 9. The minimum Gasteiger partial charge on any atom is -0.383 e. The average molecular weight is 1250 g/mol. The van der Waals surface area contributed by atoms with E-state index in [0.717, 1.165) is 106 Å². The van der Waals surface area contributed by atoms with Gasteiger partial charge in [0.2, 0.25) is 0 Å². The van der Waals surface area contributed by atoms with Crippen LogP contribution in [-0.4, -0.2) is 171 Å². The van der Waals surface area contributed by atoms with Crippen molar-refractivity contribution in [1.82, 2.24) is 61.0 Å². The number of halogens is 4. The second-order valence-electron chi connectivity index (χ2n) is 22.3. The third kappa shape index (κ3) is 11.7. The molecule has 4 aromatic carbocycles. The van der Waals surface area contributed by atoms with E-state index in [-0.39, 0.29) is 30.4 Å². The molecule has 0 bridgehead atoms. The second kappa shape index (κ2) is 24.9. The van der Waals surface area contributed by atoms with Gasteiger partial charge in [-0.05, 0) is 92.8 Å². The Morgan fingerprint density at radius 1 is 0.535 bits per heavy atom. The smallest absolute Gasteiger partial charge is 0.325 e. The molecule has 0 atom stereocenters. The Kier molecular flexibility index (Phi) is 17.0. The summed E-state index contributed by atoms with van der Waals surface area (Å²) >= 11 is 24.8. The summed E-state index contributed by atoms with van der Waals surface area (Å²) in [7, 11) is 1.55. The summed E-state index contributed by atoms with van der Waals surface area (Å²) in [5.41, 5.74) is 9.30. The Hall–Kier alpha value is -7.73. The number of methoxy groups -OCH3 is 1. The number of amides is 6. The first kappa shape index (κ1) is 58.6. The number of imide groups is 2. The number of benzene rings is 4. The highest BCUT2D eigenvalue weighted by Crippen LogP contribution is 2.39. The Bertz CT molecular complexity index is 3950. The van der Waals surface area contributed by atoms with E-state index in [1.54, 1.807) is 19.5 Å². The van der Waals surface area contributed by atoms with E-state index >= 15 is 0 Å². The fourth-order valence-electron chi connectivity index (χ4n) is 12.6. The predicted octanol–water partition coefficient (Wildman–Crippen LogP) is 10.0. The van der Waals surface area contributed by atoms with E-state index in [0.29, 0.717) is 75.1 Å². The number of aromatic nitrogens is 8. The zero-order valence-corrected chi connectivity index (χ0v) is 50.6. The van der Waals surface area contributed by atoms with Crippen LogP contribution >= 0.6 is 46.4 Å². The molecule has 0 aliphatic carbocycles. The molecule has 0 saturated carbocycles. The highest BCUT2D eigenvalue weighted by molar-refractivity contribution is 6.33. The van der Waals surface area contributed by atoms with Crippen molar-refractivity contribution in [2.45, 2.75) is 63.1 Å². The number of urea groups is 2. The van der Waals surface area contributed by atoms with Crippen molar-refractivity contribution in [3.63, 3.8) is 0 Å². The molecule has 2 spiro atoms. The number of fused-ring (bicyclic) bond motifs is 5. The molecule has 5 fully saturated rings. The Morgan fingerprint density at radius 2 is 0.977 bits per heavy atom. The van der Waals surface area contributed by atoms with Crippen molar-refractivity contribution in [3.8, 4) is 0 Å². The van der Waals surface area contributed by atoms with Crippen LogP contribution in [0.25, 0.3) is 43.6 Å². The third-order valence-electron chi connectivity index (χ3n) is 17.1. The molecule has 11 heterocycles. The molecule has 7 N–H and O–H groups in total. The number of nitrogens with one attached hydrogen (secondary N) is 7. The first-order valence-electron chi connectivity index (χ1n) is 28.9. The van der Waals surface area contributed by atoms with Crippen molar-refractivity contribution < 1.29 is 28.7 Å². The van der Waals surface area contributed by atoms with Crippen molar-refractivity contribution in [2.75, 3.05) is 105 Å². The molecular weight excluding hydrogens is 1180 g/mol. The number of hydrogen-bond donors (Lipinski definition) is 7. The van der Waals surface area contributed by atoms with Gasteiger partial charge in [-0.25, -0.2) is 9.59 Å². The maximum Gasteiger partial charge on any atom is 0.325 e. The number of carbonyl (C=O) groups excluding carboxylic acids is 4. The molecule has 5 saturated heterocycles. The van der Waals surface area contributed by atoms with Crippen LogP contribution < -0.4 is 30.2 Å². The van der Waals surface area contributed by atoms with Gasteiger partial charge >= 0.3 is 12.1 Å². The van der Waals surface area contributed by atoms with Crippen LogP contribution in [0.15, 0.2) is 91.6 Å². The molecule has 0 unspecified atom stereocenters. The molecule has 9 aromatic rings. The maximum absolute atomic E-state index is 12.8. The van der Waals surface area contributed by atoms with Crippen LogP contribution in [0.3, 0.4) is 0 Å². The molecule has 15 rings (SSSR count). The van der Waals surface area contributed by atoms with Crippen molar-refractivity contribution in [1.29, 1.82) is 0 Å². The van der Waals surface area contributed by atoms with Crippen LogP contribution in [0.5, 0.6) is 0 Å². The van der Waals surface area contributed by atoms with Crippen LogP contribution in [0, 0.1) is 0 Å². The molecule has 6 aliphatic heterocycles. The summed E-state index contributed by atoms with van der Waals surface area (Å²) in [5, 5.41) is 34.4. The molecule has 0 radical (unpaired) electrons. The van der Waals surface area contributed by atoms with E-state index < -0.39 is 11.1 Å². The van der Waals surface area contributed by atoms with Gasteiger partial charge in [-0.2, -0.15) is 15.3 Å². The third-order valence-corrected chi connectivity index (χ3v) is 18.0. The highest BCUT2D eigenvalue weighted by atomic mass is 35.5. The minimum absolute atomic E-state index is 0.0847. The highest BCUT2D eigenvalue weighted by Gasteiger charge is 2.53. The van der Waals surface area contributed by atoms with Gasteiger partial charge in [0.15, 0.2) is 0 Å². The topological polar surface area (TPSA) is 248 Å². The molecule has 22 nitrogen and oxygen atoms in total. The first-order valence-corrected chi connectivity index (χ1v) is 30.4. The number of morpholine rings is 1. The number of carbonyl (C=O) groups is 4. The summed E-state index contributed by atoms with van der Waals surface area (Å²) in [4.78, 5) is 68.0. The van der Waals surface area contributed by atoms with Gasteiger partial charge in [0.25, 0.3) is 11.8 Å². The fourth-order valence-corrected chi connectivity index (χ4v) is 13.5. The Balaban J connectivity index is 0.000000114. The van der Waals surface area contributed by atoms with Gasteiger partial charge < -0.3 is 49.7 Å². The molecule has 6 amide bonds. The number of aromatic amines is 5. The number of ether oxygens (including phenoxy) is 2. The second-order valence-corrected chi connectivity index (χ2v) is 24.0. The molecule has 5 aromatic heterocycles. The standard InChI is InChI=1S/C17H20ClN5O3.C17H20ClN5O2.C14H13ClN4.C12H13ClN2O/c1-26-7-6-23-15(24)17(20-16(23)25)2-4-22(5-3-17)14-9-11(18)8-13-12(14)10-19-21-13;1-2-5-23-15(24)17(20-16(23)25)3-6-22(7-4-17)14-9-11(18)8-13-12(14)10-19-21-13;15-10-5-13-11(1-3-16-13)14(6-10)19-4-2-12-9(8-19)7-17-18-12;13-9-7-11-10(1-2-14-11)12(8-9)15-3-5-16-6-4-15/h8-10H,2-7H2,1H3,(H,19,21)(H,20,25);8-10H,2-7H2,1H3,(H,19,21)(H,20,25);1,3,5-7,16H,2,4,8H2,(H,17,18);1-2,7-8,14H,3-6H2. The van der Waals surface area contributed by atoms with Crippen LogP contribution in [0.1, 0.15) is 50.3 Å². The van der Waals surface area contributed by atoms with Gasteiger partial charge in [0.1, 0.15) is 11.1 Å². The minimum atomic E-state index is -0.810. The fraction of sp³-hybridized carbons (Fsp3) is 0.383. The quantitative estimate of drug-likeness (QED) is 0.0666. The van der Waals surface area contributed by atoms with Gasteiger partial charge in [-0.1, -0.05) is 53.3 Å². The normalized spacial score (nSPS) is 18.2. The maximum atomic E-state index is 12.8. The molecule has 6 aliphatic rings. The van der Waals surface area contributed by atoms with Crippen molar-refractivity contribution in [3.05, 3.63) is 123 Å². The lowest BCUT2D eigenvalue weighted by Gasteiger charge is -2.38. The SMILES string of the molecule is CCCN1C(=O)NC2(CCN(c3cc(Cl)cc4[nH]ncc34)CC2)C1=O.COCCN1C(=O)NC2(CCN(c3cc(Cl)cc4[nH]ncc34)CC2)C1=O.Clc1cc(N2CCOCC2)c2cc[nH]c2c1.Clc1cc(N2CCc3[nH]ncc3C2)c2cc[nH]c2c1. The molecular formula is C60H66Cl4N16O6. The zero-order chi connectivity index (χ0) is 59.7. The summed E-state index contributed by atoms with van der Waals surface area (Å²) < 4.78 is 10.4. The average Bonchev–Trinajstić information content (AvgIpc) is 4.19. The first-order chi connectivity index (χ1) is 41.7. The summed E-state index contributed by atoms with van der Waals surface area (Å²) in [6.07, 6.45) is 13.4. The van der Waals surface area contributed by atoms with E-state index in [1.807, 2.05) is 74.0 Å². The van der Waals surface area contributed by atoms with Crippen LogP contribution in [-0.2, 0) is 32.0 Å². The summed E-state index contributed by atoms with van der Waals surface area (Å²) in [6.45, 7) is 11.0. The lowest BCUT2D eigenvalue weighted by atomic mass is 9.87. The van der Waals surface area contributed by atoms with E-state index in [1.165, 1.54) is 43.2 Å². The Labute approximate surface area is 515 Å². The van der Waals surface area contributed by atoms with Crippen molar-refractivity contribution >= 4 is 137 Å². The molecule has 86 heavy (non-hydrogen) atoms. The number of nitrogens with zero attached hydrogens (tertiary/aromatic N) is 9. The number of H-pyrrole nitrogens is 5. The summed E-state index contributed by atoms with van der Waals surface area (Å²) in [5.74, 6) is -0.239. The van der Waals surface area contributed by atoms with Crippen LogP contribution in [0.4, 0.5) is 32.3 Å². The number of anilines is 4. The van der Waals surface area contributed by atoms with Crippen molar-refractivity contribution in [2.24, 2.45) is 0 Å². The lowest BCUT2D eigenvalue weighted by molar-refractivity contribution is -0.133. The number of piperidine rings is 2.